The molecule has 0 fully saturated rings. The van der Waals surface area contributed by atoms with E-state index in [0.29, 0.717) is 12.3 Å². The molecule has 0 amide bonds. The monoisotopic (exact) mass is 287 g/mol. The molecule has 2 N–H and O–H groups in total. The van der Waals surface area contributed by atoms with Crippen LogP contribution in [0.5, 0.6) is 0 Å². The van der Waals surface area contributed by atoms with Crippen molar-refractivity contribution >= 4 is 0 Å². The SMILES string of the molecule is NC(Cc1ccc(F)c(F)c1)C1CCCc2ccccc21. The highest BCUT2D eigenvalue weighted by molar-refractivity contribution is 5.34. The van der Waals surface area contributed by atoms with Gasteiger partial charge in [0.25, 0.3) is 0 Å². The zero-order valence-electron chi connectivity index (χ0n) is 11.9. The van der Waals surface area contributed by atoms with Gasteiger partial charge < -0.3 is 5.73 Å². The number of rotatable bonds is 3. The number of hydrogen-bond acceptors (Lipinski definition) is 1. The molecule has 0 bridgehead atoms. The zero-order chi connectivity index (χ0) is 14.8. The molecule has 3 rings (SSSR count). The molecule has 0 heterocycles. The standard InChI is InChI=1S/C18H19F2N/c19-16-9-8-12(10-17(16)20)11-18(21)15-7-3-5-13-4-1-2-6-14(13)15/h1-2,4,6,8-10,15,18H,3,5,7,11,21H2. The van der Waals surface area contributed by atoms with Crippen molar-refractivity contribution in [2.75, 3.05) is 0 Å². The van der Waals surface area contributed by atoms with E-state index in [1.54, 1.807) is 6.07 Å². The van der Waals surface area contributed by atoms with Crippen LogP contribution in [0.15, 0.2) is 42.5 Å². The molecule has 0 saturated heterocycles. The van der Waals surface area contributed by atoms with Crippen molar-refractivity contribution in [3.63, 3.8) is 0 Å². The lowest BCUT2D eigenvalue weighted by molar-refractivity contribution is 0.457. The Morgan fingerprint density at radius 1 is 1.10 bits per heavy atom. The third kappa shape index (κ3) is 2.98. The number of fused-ring (bicyclic) bond motifs is 1. The number of halogens is 2. The molecule has 0 aromatic heterocycles. The molecule has 0 radical (unpaired) electrons. The second-order valence-corrected chi connectivity index (χ2v) is 5.81. The number of aryl methyl sites for hydroxylation is 1. The fourth-order valence-electron chi connectivity index (χ4n) is 3.32. The maximum absolute atomic E-state index is 13.3. The van der Waals surface area contributed by atoms with Gasteiger partial charge in [0.05, 0.1) is 0 Å². The minimum Gasteiger partial charge on any atom is -0.327 e. The van der Waals surface area contributed by atoms with Crippen LogP contribution in [0.4, 0.5) is 8.78 Å². The minimum absolute atomic E-state index is 0.0729. The summed E-state index contributed by atoms with van der Waals surface area (Å²) in [5.41, 5.74) is 9.81. The molecule has 1 nitrogen and oxygen atoms in total. The molecule has 0 spiro atoms. The molecule has 2 aromatic rings. The molecular formula is C18H19F2N. The maximum atomic E-state index is 13.3. The Hall–Kier alpha value is -1.74. The molecule has 0 aliphatic heterocycles. The first-order chi connectivity index (χ1) is 10.1. The lowest BCUT2D eigenvalue weighted by Gasteiger charge is -2.30. The summed E-state index contributed by atoms with van der Waals surface area (Å²) in [5, 5.41) is 0. The first-order valence-electron chi connectivity index (χ1n) is 7.42. The fraction of sp³-hybridized carbons (Fsp3) is 0.333. The average molecular weight is 287 g/mol. The largest absolute Gasteiger partial charge is 0.327 e. The van der Waals surface area contributed by atoms with E-state index in [0.717, 1.165) is 24.8 Å². The molecule has 1 aliphatic carbocycles. The van der Waals surface area contributed by atoms with Crippen LogP contribution in [-0.4, -0.2) is 6.04 Å². The highest BCUT2D eigenvalue weighted by atomic mass is 19.2. The first kappa shape index (κ1) is 14.2. The molecular weight excluding hydrogens is 268 g/mol. The molecule has 2 aromatic carbocycles. The Bertz CT molecular complexity index is 639. The summed E-state index contributed by atoms with van der Waals surface area (Å²) < 4.78 is 26.3. The van der Waals surface area contributed by atoms with E-state index in [1.165, 1.54) is 23.3 Å². The molecule has 1 aliphatic rings. The van der Waals surface area contributed by atoms with Gasteiger partial charge >= 0.3 is 0 Å². The Kier molecular flexibility index (Phi) is 4.02. The van der Waals surface area contributed by atoms with Crippen molar-refractivity contribution < 1.29 is 8.78 Å². The minimum atomic E-state index is -0.810. The van der Waals surface area contributed by atoms with Gasteiger partial charge in [-0.15, -0.1) is 0 Å². The van der Waals surface area contributed by atoms with Crippen LogP contribution < -0.4 is 5.73 Å². The smallest absolute Gasteiger partial charge is 0.159 e. The van der Waals surface area contributed by atoms with Crippen LogP contribution in [0.3, 0.4) is 0 Å². The molecule has 21 heavy (non-hydrogen) atoms. The lowest BCUT2D eigenvalue weighted by Crippen LogP contribution is -2.33. The van der Waals surface area contributed by atoms with Gasteiger partial charge in [0.1, 0.15) is 0 Å². The summed E-state index contributed by atoms with van der Waals surface area (Å²) in [6.45, 7) is 0. The van der Waals surface area contributed by atoms with E-state index in [1.807, 2.05) is 6.07 Å². The number of hydrogen-bond donors (Lipinski definition) is 1. The highest BCUT2D eigenvalue weighted by Crippen LogP contribution is 2.34. The summed E-state index contributed by atoms with van der Waals surface area (Å²) >= 11 is 0. The summed E-state index contributed by atoms with van der Waals surface area (Å²) in [5.74, 6) is -1.32. The van der Waals surface area contributed by atoms with Gasteiger partial charge in [0, 0.05) is 6.04 Å². The summed E-state index contributed by atoms with van der Waals surface area (Å²) in [4.78, 5) is 0. The summed E-state index contributed by atoms with van der Waals surface area (Å²) in [6, 6.07) is 12.4. The molecule has 110 valence electrons. The van der Waals surface area contributed by atoms with Crippen LogP contribution in [0, 0.1) is 11.6 Å². The van der Waals surface area contributed by atoms with E-state index < -0.39 is 11.6 Å². The van der Waals surface area contributed by atoms with Crippen molar-refractivity contribution in [3.8, 4) is 0 Å². The second-order valence-electron chi connectivity index (χ2n) is 5.81. The van der Waals surface area contributed by atoms with Crippen molar-refractivity contribution in [3.05, 3.63) is 70.8 Å². The summed E-state index contributed by atoms with van der Waals surface area (Å²) in [7, 11) is 0. The predicted molar refractivity (Wildman–Crippen MR) is 80.2 cm³/mol. The zero-order valence-corrected chi connectivity index (χ0v) is 11.9. The predicted octanol–water partition coefficient (Wildman–Crippen LogP) is 3.95. The molecule has 0 saturated carbocycles. The van der Waals surface area contributed by atoms with Crippen molar-refractivity contribution in [1.29, 1.82) is 0 Å². The summed E-state index contributed by atoms with van der Waals surface area (Å²) in [6.07, 6.45) is 3.86. The van der Waals surface area contributed by atoms with Gasteiger partial charge in [-0.1, -0.05) is 30.3 Å². The van der Waals surface area contributed by atoms with E-state index >= 15 is 0 Å². The van der Waals surface area contributed by atoms with Crippen LogP contribution in [0.25, 0.3) is 0 Å². The van der Waals surface area contributed by atoms with Gasteiger partial charge in [-0.2, -0.15) is 0 Å². The molecule has 3 heteroatoms. The fourth-order valence-corrected chi connectivity index (χ4v) is 3.32. The number of nitrogens with two attached hydrogens (primary N) is 1. The van der Waals surface area contributed by atoms with Gasteiger partial charge in [-0.25, -0.2) is 8.78 Å². The average Bonchev–Trinajstić information content (AvgIpc) is 2.50. The lowest BCUT2D eigenvalue weighted by atomic mass is 9.77. The van der Waals surface area contributed by atoms with Crippen LogP contribution in [-0.2, 0) is 12.8 Å². The highest BCUT2D eigenvalue weighted by Gasteiger charge is 2.25. The Morgan fingerprint density at radius 3 is 2.71 bits per heavy atom. The van der Waals surface area contributed by atoms with Gasteiger partial charge in [-0.05, 0) is 60.4 Å². The normalized spacial score (nSPS) is 19.1. The first-order valence-corrected chi connectivity index (χ1v) is 7.42. The Balaban J connectivity index is 1.80. The third-order valence-electron chi connectivity index (χ3n) is 4.39. The number of benzene rings is 2. The van der Waals surface area contributed by atoms with Gasteiger partial charge in [-0.3, -0.25) is 0 Å². The maximum Gasteiger partial charge on any atom is 0.159 e. The van der Waals surface area contributed by atoms with E-state index in [-0.39, 0.29) is 6.04 Å². The van der Waals surface area contributed by atoms with Crippen molar-refractivity contribution in [2.45, 2.75) is 37.6 Å². The topological polar surface area (TPSA) is 26.0 Å². The Morgan fingerprint density at radius 2 is 1.90 bits per heavy atom. The Labute approximate surface area is 123 Å². The van der Waals surface area contributed by atoms with Crippen LogP contribution in [0.2, 0.25) is 0 Å². The van der Waals surface area contributed by atoms with E-state index in [2.05, 4.69) is 18.2 Å². The van der Waals surface area contributed by atoms with Crippen molar-refractivity contribution in [2.24, 2.45) is 5.73 Å². The van der Waals surface area contributed by atoms with E-state index in [4.69, 9.17) is 5.73 Å². The van der Waals surface area contributed by atoms with E-state index in [9.17, 15) is 8.78 Å². The van der Waals surface area contributed by atoms with Gasteiger partial charge in [0.2, 0.25) is 0 Å². The van der Waals surface area contributed by atoms with Crippen LogP contribution >= 0.6 is 0 Å². The molecule has 2 unspecified atom stereocenters. The third-order valence-corrected chi connectivity index (χ3v) is 4.39. The van der Waals surface area contributed by atoms with Crippen molar-refractivity contribution in [1.82, 2.24) is 0 Å². The quantitative estimate of drug-likeness (QED) is 0.908. The van der Waals surface area contributed by atoms with Gasteiger partial charge in [0.15, 0.2) is 11.6 Å². The van der Waals surface area contributed by atoms with Crippen LogP contribution in [0.1, 0.15) is 35.4 Å². The second kappa shape index (κ2) is 5.94. The molecule has 2 atom stereocenters.